The van der Waals surface area contributed by atoms with Gasteiger partial charge in [-0.3, -0.25) is 0 Å². The zero-order valence-electron chi connectivity index (χ0n) is 15.3. The monoisotopic (exact) mass is 376 g/mol. The van der Waals surface area contributed by atoms with Crippen molar-refractivity contribution in [3.05, 3.63) is 35.0 Å². The Bertz CT molecular complexity index is 747. The molecule has 7 heteroatoms. The minimum Gasteiger partial charge on any atom is -0.486 e. The van der Waals surface area contributed by atoms with Crippen LogP contribution in [-0.4, -0.2) is 42.3 Å². The number of hydrogen-bond donors (Lipinski definition) is 1. The third-order valence-corrected chi connectivity index (χ3v) is 4.78. The maximum Gasteiger partial charge on any atom is 0.338 e. The summed E-state index contributed by atoms with van der Waals surface area (Å²) in [6, 6.07) is 5.31. The van der Waals surface area contributed by atoms with Gasteiger partial charge in [0.15, 0.2) is 16.6 Å². The molecular formula is C19H24N2O4S. The van der Waals surface area contributed by atoms with Gasteiger partial charge in [0.1, 0.15) is 13.2 Å². The predicted octanol–water partition coefficient (Wildman–Crippen LogP) is 2.94. The van der Waals surface area contributed by atoms with E-state index in [0.29, 0.717) is 42.0 Å². The Morgan fingerprint density at radius 2 is 2.04 bits per heavy atom. The van der Waals surface area contributed by atoms with E-state index in [1.807, 2.05) is 30.0 Å². The molecule has 2 aliphatic heterocycles. The standard InChI is InChI=1S/C19H24N2O4S/c1-4-8-21-12(3)16(18(22)23-5-2)17(20-19(21)26)13-6-7-14-15(11-13)25-10-9-24-14/h6-7,11,17H,4-5,8-10H2,1-3H3,(H,20,26). The molecule has 0 aromatic heterocycles. The fourth-order valence-corrected chi connectivity index (χ4v) is 3.58. The second-order valence-corrected chi connectivity index (χ2v) is 6.54. The van der Waals surface area contributed by atoms with E-state index >= 15 is 0 Å². The summed E-state index contributed by atoms with van der Waals surface area (Å²) >= 11 is 5.54. The molecule has 2 aliphatic rings. The molecule has 1 aromatic carbocycles. The van der Waals surface area contributed by atoms with Crippen molar-refractivity contribution >= 4 is 23.3 Å². The first kappa shape index (κ1) is 18.5. The molecule has 3 rings (SSSR count). The minimum atomic E-state index is -0.384. The number of benzene rings is 1. The summed E-state index contributed by atoms with van der Waals surface area (Å²) in [7, 11) is 0. The number of ether oxygens (including phenoxy) is 3. The minimum absolute atomic E-state index is 0.321. The molecule has 26 heavy (non-hydrogen) atoms. The van der Waals surface area contributed by atoms with Crippen LogP contribution in [0.2, 0.25) is 0 Å². The summed E-state index contributed by atoms with van der Waals surface area (Å²) in [6.45, 7) is 7.91. The molecule has 2 heterocycles. The average molecular weight is 376 g/mol. The normalized spacial score (nSPS) is 19.3. The van der Waals surface area contributed by atoms with Crippen molar-refractivity contribution in [3.63, 3.8) is 0 Å². The van der Waals surface area contributed by atoms with Crippen LogP contribution in [0.4, 0.5) is 0 Å². The fourth-order valence-electron chi connectivity index (χ4n) is 3.24. The zero-order valence-corrected chi connectivity index (χ0v) is 16.1. The first-order valence-electron chi connectivity index (χ1n) is 8.92. The Labute approximate surface area is 159 Å². The highest BCUT2D eigenvalue weighted by molar-refractivity contribution is 7.80. The highest BCUT2D eigenvalue weighted by atomic mass is 32.1. The Balaban J connectivity index is 2.03. The van der Waals surface area contributed by atoms with Crippen molar-refractivity contribution in [2.75, 3.05) is 26.4 Å². The van der Waals surface area contributed by atoms with Crippen molar-refractivity contribution in [2.45, 2.75) is 33.2 Å². The smallest absolute Gasteiger partial charge is 0.338 e. The number of carbonyl (C=O) groups is 1. The number of nitrogens with zero attached hydrogens (tertiary/aromatic N) is 1. The number of hydrogen-bond acceptors (Lipinski definition) is 5. The first-order valence-corrected chi connectivity index (χ1v) is 9.33. The predicted molar refractivity (Wildman–Crippen MR) is 102 cm³/mol. The van der Waals surface area contributed by atoms with Crippen LogP contribution in [-0.2, 0) is 9.53 Å². The SMILES string of the molecule is CCCN1C(=S)NC(c2ccc3c(c2)OCCO3)C(C(=O)OCC)=C1C. The van der Waals surface area contributed by atoms with Crippen LogP contribution in [0, 0.1) is 0 Å². The molecule has 0 saturated carbocycles. The van der Waals surface area contributed by atoms with Crippen LogP contribution in [0.25, 0.3) is 0 Å². The third-order valence-electron chi connectivity index (χ3n) is 4.44. The molecule has 0 aliphatic carbocycles. The summed E-state index contributed by atoms with van der Waals surface area (Å²) in [4.78, 5) is 14.6. The van der Waals surface area contributed by atoms with Crippen LogP contribution in [0.3, 0.4) is 0 Å². The van der Waals surface area contributed by atoms with Crippen molar-refractivity contribution < 1.29 is 19.0 Å². The van der Waals surface area contributed by atoms with E-state index in [0.717, 1.165) is 24.2 Å². The molecule has 1 unspecified atom stereocenters. The van der Waals surface area contributed by atoms with E-state index in [4.69, 9.17) is 26.4 Å². The molecule has 6 nitrogen and oxygen atoms in total. The van der Waals surface area contributed by atoms with E-state index in [1.165, 1.54) is 0 Å². The summed E-state index contributed by atoms with van der Waals surface area (Å²) in [6.07, 6.45) is 0.921. The lowest BCUT2D eigenvalue weighted by Gasteiger charge is -2.37. The Hall–Kier alpha value is -2.28. The van der Waals surface area contributed by atoms with Gasteiger partial charge >= 0.3 is 5.97 Å². The molecular weight excluding hydrogens is 352 g/mol. The van der Waals surface area contributed by atoms with E-state index in [2.05, 4.69) is 12.2 Å². The van der Waals surface area contributed by atoms with Gasteiger partial charge in [-0.1, -0.05) is 13.0 Å². The number of rotatable bonds is 5. The van der Waals surface area contributed by atoms with Gasteiger partial charge in [-0.2, -0.15) is 0 Å². The Morgan fingerprint density at radius 1 is 1.31 bits per heavy atom. The second-order valence-electron chi connectivity index (χ2n) is 6.16. The number of fused-ring (bicyclic) bond motifs is 1. The van der Waals surface area contributed by atoms with Crippen molar-refractivity contribution in [1.29, 1.82) is 0 Å². The van der Waals surface area contributed by atoms with Gasteiger partial charge in [-0.05, 0) is 50.2 Å². The maximum absolute atomic E-state index is 12.7. The van der Waals surface area contributed by atoms with Crippen LogP contribution < -0.4 is 14.8 Å². The van der Waals surface area contributed by atoms with Crippen molar-refractivity contribution in [2.24, 2.45) is 0 Å². The molecule has 0 radical (unpaired) electrons. The summed E-state index contributed by atoms with van der Waals surface area (Å²) in [5.74, 6) is 1.06. The Morgan fingerprint density at radius 3 is 2.73 bits per heavy atom. The molecule has 0 spiro atoms. The number of thiocarbonyl (C=S) groups is 1. The van der Waals surface area contributed by atoms with Gasteiger partial charge in [-0.15, -0.1) is 0 Å². The van der Waals surface area contributed by atoms with E-state index < -0.39 is 0 Å². The number of nitrogens with one attached hydrogen (secondary N) is 1. The molecule has 0 amide bonds. The number of carbonyl (C=O) groups excluding carboxylic acids is 1. The number of esters is 1. The van der Waals surface area contributed by atoms with Crippen molar-refractivity contribution in [1.82, 2.24) is 10.2 Å². The summed E-state index contributed by atoms with van der Waals surface area (Å²) < 4.78 is 16.6. The molecule has 1 aromatic rings. The highest BCUT2D eigenvalue weighted by Crippen LogP contribution is 2.37. The van der Waals surface area contributed by atoms with E-state index in [1.54, 1.807) is 6.92 Å². The fraction of sp³-hybridized carbons (Fsp3) is 0.474. The van der Waals surface area contributed by atoms with Gasteiger partial charge < -0.3 is 24.4 Å². The largest absolute Gasteiger partial charge is 0.486 e. The highest BCUT2D eigenvalue weighted by Gasteiger charge is 2.35. The van der Waals surface area contributed by atoms with E-state index in [-0.39, 0.29) is 12.0 Å². The second kappa shape index (κ2) is 7.95. The lowest BCUT2D eigenvalue weighted by molar-refractivity contribution is -0.139. The summed E-state index contributed by atoms with van der Waals surface area (Å²) in [5, 5.41) is 3.91. The van der Waals surface area contributed by atoms with Gasteiger partial charge in [0, 0.05) is 12.2 Å². The molecule has 0 fully saturated rings. The summed E-state index contributed by atoms with van der Waals surface area (Å²) in [5.41, 5.74) is 2.29. The molecule has 0 bridgehead atoms. The van der Waals surface area contributed by atoms with Gasteiger partial charge in [0.25, 0.3) is 0 Å². The molecule has 1 N–H and O–H groups in total. The maximum atomic E-state index is 12.7. The van der Waals surface area contributed by atoms with Crippen LogP contribution in [0.5, 0.6) is 11.5 Å². The molecule has 1 atom stereocenters. The number of allylic oxidation sites excluding steroid dienone is 1. The van der Waals surface area contributed by atoms with Gasteiger partial charge in [-0.25, -0.2) is 4.79 Å². The third kappa shape index (κ3) is 3.49. The van der Waals surface area contributed by atoms with Crippen LogP contribution in [0.15, 0.2) is 29.5 Å². The lowest BCUT2D eigenvalue weighted by Crippen LogP contribution is -2.48. The zero-order chi connectivity index (χ0) is 18.7. The van der Waals surface area contributed by atoms with Crippen LogP contribution >= 0.6 is 12.2 Å². The first-order chi connectivity index (χ1) is 12.6. The topological polar surface area (TPSA) is 60.0 Å². The Kier molecular flexibility index (Phi) is 5.66. The molecule has 0 saturated heterocycles. The van der Waals surface area contributed by atoms with Gasteiger partial charge in [0.2, 0.25) is 0 Å². The van der Waals surface area contributed by atoms with Crippen molar-refractivity contribution in [3.8, 4) is 11.5 Å². The average Bonchev–Trinajstić information content (AvgIpc) is 2.64. The lowest BCUT2D eigenvalue weighted by atomic mass is 9.94. The van der Waals surface area contributed by atoms with Crippen LogP contribution in [0.1, 0.15) is 38.8 Å². The van der Waals surface area contributed by atoms with E-state index in [9.17, 15) is 4.79 Å². The quantitative estimate of drug-likeness (QED) is 0.626. The molecule has 140 valence electrons. The van der Waals surface area contributed by atoms with Gasteiger partial charge in [0.05, 0.1) is 18.2 Å².